The molecule has 1 N–H and O–H groups in total. The summed E-state index contributed by atoms with van der Waals surface area (Å²) in [4.78, 5) is 19.2. The van der Waals surface area contributed by atoms with Crippen molar-refractivity contribution >= 4 is 11.7 Å². The highest BCUT2D eigenvalue weighted by Crippen LogP contribution is 2.20. The van der Waals surface area contributed by atoms with Gasteiger partial charge in [-0.05, 0) is 37.6 Å². The molecule has 162 valence electrons. The molecule has 0 atom stereocenters. The van der Waals surface area contributed by atoms with Crippen LogP contribution in [0.2, 0.25) is 0 Å². The Labute approximate surface area is 180 Å². The number of pyridine rings is 1. The lowest BCUT2D eigenvalue weighted by Crippen LogP contribution is -2.36. The second-order valence-electron chi connectivity index (χ2n) is 7.59. The van der Waals surface area contributed by atoms with Gasteiger partial charge in [0.05, 0.1) is 25.3 Å². The third kappa shape index (κ3) is 4.74. The number of hydrogen-bond acceptors (Lipinski definition) is 5. The topological polar surface area (TPSA) is 72.3 Å². The number of para-hydroxylation sites is 1. The number of halogens is 1. The minimum absolute atomic E-state index is 0.114. The van der Waals surface area contributed by atoms with Crippen molar-refractivity contribution in [3.8, 4) is 5.69 Å². The number of aryl methyl sites for hydroxylation is 1. The molecule has 3 heterocycles. The van der Waals surface area contributed by atoms with Gasteiger partial charge in [-0.15, -0.1) is 0 Å². The monoisotopic (exact) mass is 423 g/mol. The molecule has 31 heavy (non-hydrogen) atoms. The molecule has 3 aromatic rings. The summed E-state index contributed by atoms with van der Waals surface area (Å²) < 4.78 is 21.1. The summed E-state index contributed by atoms with van der Waals surface area (Å²) in [5.74, 6) is 0.457. The number of ether oxygens (including phenoxy) is 1. The molecule has 4 rings (SSSR count). The van der Waals surface area contributed by atoms with E-state index in [-0.39, 0.29) is 18.1 Å². The number of hydrogen-bond donors (Lipinski definition) is 1. The quantitative estimate of drug-likeness (QED) is 0.660. The summed E-state index contributed by atoms with van der Waals surface area (Å²) in [6, 6.07) is 10.4. The van der Waals surface area contributed by atoms with Crippen molar-refractivity contribution in [1.82, 2.24) is 20.1 Å². The second-order valence-corrected chi connectivity index (χ2v) is 7.59. The number of aromatic nitrogens is 3. The van der Waals surface area contributed by atoms with Crippen molar-refractivity contribution in [3.63, 3.8) is 0 Å². The van der Waals surface area contributed by atoms with Gasteiger partial charge in [0.1, 0.15) is 17.3 Å². The van der Waals surface area contributed by atoms with E-state index in [4.69, 9.17) is 4.74 Å². The number of nitrogens with zero attached hydrogens (tertiary/aromatic N) is 4. The molecule has 0 bridgehead atoms. The Morgan fingerprint density at radius 3 is 2.65 bits per heavy atom. The smallest absolute Gasteiger partial charge is 0.224 e. The summed E-state index contributed by atoms with van der Waals surface area (Å²) >= 11 is 0. The maximum atomic E-state index is 14.2. The highest BCUT2D eigenvalue weighted by molar-refractivity contribution is 5.79. The molecule has 1 amide bonds. The van der Waals surface area contributed by atoms with E-state index < -0.39 is 0 Å². The number of anilines is 1. The Balaban J connectivity index is 1.37. The number of carbonyl (C=O) groups is 1. The Hall–Kier alpha value is -3.26. The molecule has 1 aliphatic heterocycles. The second kappa shape index (κ2) is 9.26. The lowest BCUT2D eigenvalue weighted by molar-refractivity contribution is -0.120. The zero-order chi connectivity index (χ0) is 21.8. The lowest BCUT2D eigenvalue weighted by Gasteiger charge is -2.27. The van der Waals surface area contributed by atoms with Crippen LogP contribution >= 0.6 is 0 Å². The molecular formula is C23H26FN5O2. The number of carbonyl (C=O) groups excluding carboxylic acids is 1. The average molecular weight is 423 g/mol. The van der Waals surface area contributed by atoms with Gasteiger partial charge < -0.3 is 15.0 Å². The number of amides is 1. The van der Waals surface area contributed by atoms with Gasteiger partial charge in [0.25, 0.3) is 0 Å². The first-order valence-corrected chi connectivity index (χ1v) is 10.4. The van der Waals surface area contributed by atoms with Crippen molar-refractivity contribution in [3.05, 3.63) is 70.9 Å². The van der Waals surface area contributed by atoms with Gasteiger partial charge in [-0.3, -0.25) is 4.79 Å². The van der Waals surface area contributed by atoms with Crippen LogP contribution in [0.15, 0.2) is 42.6 Å². The first-order valence-electron chi connectivity index (χ1n) is 10.4. The average Bonchev–Trinajstić information content (AvgIpc) is 3.07. The van der Waals surface area contributed by atoms with Crippen molar-refractivity contribution in [2.24, 2.45) is 0 Å². The fraction of sp³-hybridized carbons (Fsp3) is 0.348. The van der Waals surface area contributed by atoms with Gasteiger partial charge in [0.2, 0.25) is 5.91 Å². The molecule has 0 spiro atoms. The van der Waals surface area contributed by atoms with Gasteiger partial charge in [0.15, 0.2) is 0 Å². The molecule has 0 unspecified atom stereocenters. The molecule has 2 aromatic heterocycles. The van der Waals surface area contributed by atoms with Gasteiger partial charge in [-0.1, -0.05) is 18.2 Å². The molecule has 1 fully saturated rings. The van der Waals surface area contributed by atoms with E-state index in [0.717, 1.165) is 35.7 Å². The van der Waals surface area contributed by atoms with Crippen LogP contribution in [0.3, 0.4) is 0 Å². The predicted molar refractivity (Wildman–Crippen MR) is 116 cm³/mol. The van der Waals surface area contributed by atoms with Crippen molar-refractivity contribution < 1.29 is 13.9 Å². The minimum Gasteiger partial charge on any atom is -0.378 e. The summed E-state index contributed by atoms with van der Waals surface area (Å²) in [6.07, 6.45) is 1.98. The third-order valence-corrected chi connectivity index (χ3v) is 5.49. The van der Waals surface area contributed by atoms with Crippen LogP contribution in [0.25, 0.3) is 5.69 Å². The van der Waals surface area contributed by atoms with Crippen molar-refractivity contribution in [2.75, 3.05) is 31.2 Å². The largest absolute Gasteiger partial charge is 0.378 e. The summed E-state index contributed by atoms with van der Waals surface area (Å²) in [5.41, 5.74) is 3.59. The van der Waals surface area contributed by atoms with Crippen LogP contribution in [0.5, 0.6) is 0 Å². The van der Waals surface area contributed by atoms with Crippen molar-refractivity contribution in [2.45, 2.75) is 26.8 Å². The SMILES string of the molecule is Cc1nn(-c2ccccc2F)c(C)c1CC(=O)NCc1ccc(N2CCOCC2)nc1. The highest BCUT2D eigenvalue weighted by atomic mass is 19.1. The lowest BCUT2D eigenvalue weighted by atomic mass is 10.1. The van der Waals surface area contributed by atoms with Crippen LogP contribution in [0, 0.1) is 19.7 Å². The summed E-state index contributed by atoms with van der Waals surface area (Å²) in [7, 11) is 0. The van der Waals surface area contributed by atoms with E-state index in [0.29, 0.717) is 31.1 Å². The molecule has 0 aliphatic carbocycles. The van der Waals surface area contributed by atoms with E-state index in [9.17, 15) is 9.18 Å². The fourth-order valence-electron chi connectivity index (χ4n) is 3.71. The molecule has 0 radical (unpaired) electrons. The van der Waals surface area contributed by atoms with Crippen LogP contribution < -0.4 is 10.2 Å². The molecule has 1 aromatic carbocycles. The van der Waals surface area contributed by atoms with Gasteiger partial charge in [-0.2, -0.15) is 5.10 Å². The highest BCUT2D eigenvalue weighted by Gasteiger charge is 2.18. The van der Waals surface area contributed by atoms with E-state index in [1.165, 1.54) is 6.07 Å². The van der Waals surface area contributed by atoms with E-state index >= 15 is 0 Å². The Morgan fingerprint density at radius 1 is 1.16 bits per heavy atom. The molecule has 1 saturated heterocycles. The molecule has 8 heteroatoms. The maximum absolute atomic E-state index is 14.2. The molecule has 0 saturated carbocycles. The van der Waals surface area contributed by atoms with E-state index in [2.05, 4.69) is 20.3 Å². The van der Waals surface area contributed by atoms with Gasteiger partial charge in [-0.25, -0.2) is 14.1 Å². The Morgan fingerprint density at radius 2 is 1.94 bits per heavy atom. The number of benzene rings is 1. The summed E-state index contributed by atoms with van der Waals surface area (Å²) in [6.45, 7) is 7.18. The molecule has 7 nitrogen and oxygen atoms in total. The number of morpholine rings is 1. The summed E-state index contributed by atoms with van der Waals surface area (Å²) in [5, 5.41) is 7.38. The van der Waals surface area contributed by atoms with Crippen LogP contribution in [-0.4, -0.2) is 47.0 Å². The fourth-order valence-corrected chi connectivity index (χ4v) is 3.71. The standard InChI is InChI=1S/C23H26FN5O2/c1-16-19(17(2)29(27-16)21-6-4-3-5-20(21)24)13-23(30)26-15-18-7-8-22(25-14-18)28-9-11-31-12-10-28/h3-8,14H,9-13,15H2,1-2H3,(H,26,30). The Kier molecular flexibility index (Phi) is 6.27. The third-order valence-electron chi connectivity index (χ3n) is 5.49. The predicted octanol–water partition coefficient (Wildman–Crippen LogP) is 2.72. The first-order chi connectivity index (χ1) is 15.0. The van der Waals surface area contributed by atoms with Crippen molar-refractivity contribution in [1.29, 1.82) is 0 Å². The zero-order valence-corrected chi connectivity index (χ0v) is 17.8. The maximum Gasteiger partial charge on any atom is 0.224 e. The van der Waals surface area contributed by atoms with Crippen LogP contribution in [-0.2, 0) is 22.5 Å². The van der Waals surface area contributed by atoms with Gasteiger partial charge in [0, 0.05) is 37.1 Å². The Bertz CT molecular complexity index is 1060. The zero-order valence-electron chi connectivity index (χ0n) is 17.8. The first kappa shape index (κ1) is 21.0. The number of rotatable bonds is 6. The molecular weight excluding hydrogens is 397 g/mol. The number of nitrogens with one attached hydrogen (secondary N) is 1. The van der Waals surface area contributed by atoms with Gasteiger partial charge >= 0.3 is 0 Å². The van der Waals surface area contributed by atoms with E-state index in [1.54, 1.807) is 29.1 Å². The normalized spacial score (nSPS) is 14.0. The van der Waals surface area contributed by atoms with Crippen LogP contribution in [0.4, 0.5) is 10.2 Å². The minimum atomic E-state index is -0.350. The van der Waals surface area contributed by atoms with E-state index in [1.807, 2.05) is 26.0 Å². The van der Waals surface area contributed by atoms with Crippen LogP contribution in [0.1, 0.15) is 22.5 Å². The molecule has 1 aliphatic rings.